The minimum absolute atomic E-state index is 0.635. The molecule has 0 aliphatic carbocycles. The SMILES string of the molecule is c1ccc(-c2nc(-c3ccccc3)nc(-c3cccc(-n4c5ccccc5c5cc6ccn(-c7ccccc7)c6cc54)c3)n2)cc1. The Morgan fingerprint density at radius 1 is 0.370 bits per heavy atom. The van der Waals surface area contributed by atoms with Gasteiger partial charge in [-0.05, 0) is 48.5 Å². The molecule has 0 amide bonds. The number of hydrogen-bond acceptors (Lipinski definition) is 3. The molecule has 0 N–H and O–H groups in total. The standard InChI is InChI=1S/C41H27N5/c1-4-13-28(14-5-1)39-42-40(29-15-6-2-7-16-29)44-41(43-39)31-17-12-20-33(25-31)46-36-22-11-10-21-34(36)35-26-30-23-24-45(37(30)27-38(35)46)32-18-8-3-9-19-32/h1-27H. The van der Waals surface area contributed by atoms with Crippen LogP contribution in [0.25, 0.3) is 78.2 Å². The van der Waals surface area contributed by atoms with Gasteiger partial charge in [0.25, 0.3) is 0 Å². The Labute approximate surface area is 265 Å². The van der Waals surface area contributed by atoms with Crippen molar-refractivity contribution in [2.75, 3.05) is 0 Å². The van der Waals surface area contributed by atoms with Crippen LogP contribution in [0.5, 0.6) is 0 Å². The first kappa shape index (κ1) is 26.1. The molecule has 3 heterocycles. The summed E-state index contributed by atoms with van der Waals surface area (Å²) >= 11 is 0. The molecule has 5 nitrogen and oxygen atoms in total. The Kier molecular flexibility index (Phi) is 6.06. The zero-order chi connectivity index (χ0) is 30.5. The number of rotatable bonds is 5. The fourth-order valence-electron chi connectivity index (χ4n) is 6.41. The van der Waals surface area contributed by atoms with E-state index in [0.717, 1.165) is 44.6 Å². The van der Waals surface area contributed by atoms with E-state index in [1.165, 1.54) is 16.2 Å². The Bertz CT molecular complexity index is 2460. The van der Waals surface area contributed by atoms with Gasteiger partial charge in [0.1, 0.15) is 0 Å². The third kappa shape index (κ3) is 4.37. The van der Waals surface area contributed by atoms with Crippen molar-refractivity contribution < 1.29 is 0 Å². The lowest BCUT2D eigenvalue weighted by atomic mass is 10.1. The number of para-hydroxylation sites is 2. The van der Waals surface area contributed by atoms with Crippen LogP contribution in [-0.2, 0) is 0 Å². The van der Waals surface area contributed by atoms with Gasteiger partial charge in [-0.15, -0.1) is 0 Å². The van der Waals surface area contributed by atoms with Crippen LogP contribution < -0.4 is 0 Å². The molecule has 6 aromatic carbocycles. The van der Waals surface area contributed by atoms with Gasteiger partial charge < -0.3 is 9.13 Å². The van der Waals surface area contributed by atoms with Crippen molar-refractivity contribution in [1.29, 1.82) is 0 Å². The van der Waals surface area contributed by atoms with E-state index in [4.69, 9.17) is 15.0 Å². The molecule has 9 aromatic rings. The number of nitrogens with zero attached hydrogens (tertiary/aromatic N) is 5. The summed E-state index contributed by atoms with van der Waals surface area (Å²) in [5.41, 5.74) is 8.47. The average Bonchev–Trinajstić information content (AvgIpc) is 3.70. The quantitative estimate of drug-likeness (QED) is 0.201. The van der Waals surface area contributed by atoms with Gasteiger partial charge in [-0.25, -0.2) is 15.0 Å². The first-order valence-corrected chi connectivity index (χ1v) is 15.4. The van der Waals surface area contributed by atoms with Crippen molar-refractivity contribution in [1.82, 2.24) is 24.1 Å². The van der Waals surface area contributed by atoms with Crippen molar-refractivity contribution in [3.05, 3.63) is 164 Å². The van der Waals surface area contributed by atoms with Gasteiger partial charge in [0, 0.05) is 50.4 Å². The lowest BCUT2D eigenvalue weighted by molar-refractivity contribution is 1.07. The molecule has 9 rings (SSSR count). The zero-order valence-corrected chi connectivity index (χ0v) is 24.8. The average molecular weight is 590 g/mol. The Hall–Kier alpha value is -6.33. The summed E-state index contributed by atoms with van der Waals surface area (Å²) in [6.45, 7) is 0. The van der Waals surface area contributed by atoms with Crippen LogP contribution in [0.2, 0.25) is 0 Å². The molecule has 0 aliphatic rings. The van der Waals surface area contributed by atoms with Gasteiger partial charge >= 0.3 is 0 Å². The number of benzene rings is 6. The summed E-state index contributed by atoms with van der Waals surface area (Å²) < 4.78 is 4.61. The highest BCUT2D eigenvalue weighted by Gasteiger charge is 2.17. The molecule has 216 valence electrons. The van der Waals surface area contributed by atoms with Crippen molar-refractivity contribution in [3.63, 3.8) is 0 Å². The van der Waals surface area contributed by atoms with Crippen LogP contribution in [0.1, 0.15) is 0 Å². The highest BCUT2D eigenvalue weighted by atomic mass is 15.0. The first-order valence-electron chi connectivity index (χ1n) is 15.4. The predicted molar refractivity (Wildman–Crippen MR) is 187 cm³/mol. The molecule has 0 saturated carbocycles. The number of aromatic nitrogens is 5. The van der Waals surface area contributed by atoms with Gasteiger partial charge in [-0.1, -0.05) is 109 Å². The minimum atomic E-state index is 0.635. The summed E-state index contributed by atoms with van der Waals surface area (Å²) in [7, 11) is 0. The lowest BCUT2D eigenvalue weighted by Crippen LogP contribution is -2.01. The monoisotopic (exact) mass is 589 g/mol. The van der Waals surface area contributed by atoms with Crippen LogP contribution in [0.4, 0.5) is 0 Å². The molecule has 0 saturated heterocycles. The van der Waals surface area contributed by atoms with Crippen molar-refractivity contribution in [2.45, 2.75) is 0 Å². The van der Waals surface area contributed by atoms with Crippen LogP contribution >= 0.6 is 0 Å². The molecule has 0 unspecified atom stereocenters. The maximum Gasteiger partial charge on any atom is 0.164 e. The van der Waals surface area contributed by atoms with E-state index in [9.17, 15) is 0 Å². The number of hydrogen-bond donors (Lipinski definition) is 0. The molecule has 5 heteroatoms. The van der Waals surface area contributed by atoms with Crippen LogP contribution in [-0.4, -0.2) is 24.1 Å². The van der Waals surface area contributed by atoms with Gasteiger partial charge in [0.05, 0.1) is 16.6 Å². The molecule has 0 fully saturated rings. The second-order valence-electron chi connectivity index (χ2n) is 11.4. The molecule has 46 heavy (non-hydrogen) atoms. The normalized spacial score (nSPS) is 11.5. The summed E-state index contributed by atoms with van der Waals surface area (Å²) in [5.74, 6) is 1.93. The van der Waals surface area contributed by atoms with Gasteiger partial charge in [0.15, 0.2) is 17.5 Å². The largest absolute Gasteiger partial charge is 0.316 e. The molecular weight excluding hydrogens is 562 g/mol. The molecule has 0 spiro atoms. The van der Waals surface area contributed by atoms with Crippen LogP contribution in [0.3, 0.4) is 0 Å². The topological polar surface area (TPSA) is 48.5 Å². The summed E-state index contributed by atoms with van der Waals surface area (Å²) in [6, 6.07) is 54.7. The van der Waals surface area contributed by atoms with Crippen molar-refractivity contribution in [2.24, 2.45) is 0 Å². The fraction of sp³-hybridized carbons (Fsp3) is 0. The molecular formula is C41H27N5. The highest BCUT2D eigenvalue weighted by Crippen LogP contribution is 2.36. The predicted octanol–water partition coefficient (Wildman–Crippen LogP) is 9.91. The summed E-state index contributed by atoms with van der Waals surface area (Å²) in [4.78, 5) is 14.9. The Morgan fingerprint density at radius 3 is 1.63 bits per heavy atom. The molecule has 0 bridgehead atoms. The van der Waals surface area contributed by atoms with Gasteiger partial charge in [0.2, 0.25) is 0 Å². The van der Waals surface area contributed by atoms with Crippen LogP contribution in [0, 0.1) is 0 Å². The third-order valence-electron chi connectivity index (χ3n) is 8.58. The maximum atomic E-state index is 4.99. The lowest BCUT2D eigenvalue weighted by Gasteiger charge is -2.12. The van der Waals surface area contributed by atoms with E-state index in [1.807, 2.05) is 60.7 Å². The minimum Gasteiger partial charge on any atom is -0.316 e. The van der Waals surface area contributed by atoms with E-state index < -0.39 is 0 Å². The first-order chi connectivity index (χ1) is 22.8. The maximum absolute atomic E-state index is 4.99. The van der Waals surface area contributed by atoms with E-state index in [2.05, 4.69) is 112 Å². The van der Waals surface area contributed by atoms with Gasteiger partial charge in [-0.2, -0.15) is 0 Å². The molecule has 0 atom stereocenters. The number of fused-ring (bicyclic) bond motifs is 4. The van der Waals surface area contributed by atoms with Gasteiger partial charge in [-0.3, -0.25) is 0 Å². The fourth-order valence-corrected chi connectivity index (χ4v) is 6.41. The smallest absolute Gasteiger partial charge is 0.164 e. The summed E-state index contributed by atoms with van der Waals surface area (Å²) in [5, 5.41) is 3.65. The summed E-state index contributed by atoms with van der Waals surface area (Å²) in [6.07, 6.45) is 2.15. The van der Waals surface area contributed by atoms with E-state index in [0.29, 0.717) is 17.5 Å². The Balaban J connectivity index is 1.26. The molecule has 3 aromatic heterocycles. The van der Waals surface area contributed by atoms with E-state index in [1.54, 1.807) is 0 Å². The van der Waals surface area contributed by atoms with Crippen molar-refractivity contribution in [3.8, 4) is 45.5 Å². The third-order valence-corrected chi connectivity index (χ3v) is 8.58. The zero-order valence-electron chi connectivity index (χ0n) is 24.8. The molecule has 0 radical (unpaired) electrons. The Morgan fingerprint density at radius 2 is 0.935 bits per heavy atom. The van der Waals surface area contributed by atoms with Crippen LogP contribution in [0.15, 0.2) is 164 Å². The molecule has 0 aliphatic heterocycles. The van der Waals surface area contributed by atoms with E-state index in [-0.39, 0.29) is 0 Å². The second kappa shape index (κ2) is 10.7. The second-order valence-corrected chi connectivity index (χ2v) is 11.4. The van der Waals surface area contributed by atoms with Crippen molar-refractivity contribution >= 4 is 32.7 Å². The highest BCUT2D eigenvalue weighted by molar-refractivity contribution is 6.13. The van der Waals surface area contributed by atoms with E-state index >= 15 is 0 Å².